The number of nitrogens with one attached hydrogen (secondary N) is 1. The van der Waals surface area contributed by atoms with Crippen molar-refractivity contribution in [3.8, 4) is 5.75 Å². The van der Waals surface area contributed by atoms with Crippen LogP contribution in [0.25, 0.3) is 0 Å². The smallest absolute Gasteiger partial charge is 0.261 e. The molecular formula is C23H30N2O5S. The van der Waals surface area contributed by atoms with Crippen molar-refractivity contribution in [3.05, 3.63) is 54.1 Å². The molecule has 1 heterocycles. The molecule has 0 radical (unpaired) electrons. The highest BCUT2D eigenvalue weighted by molar-refractivity contribution is 7.89. The molecule has 2 aromatic rings. The molecule has 8 heteroatoms. The molecule has 1 atom stereocenters. The fourth-order valence-corrected chi connectivity index (χ4v) is 5.54. The molecule has 1 saturated heterocycles. The standard InChI is InChI=1S/C23H30N2O5S/c1-17(2)23(27,18-10-6-4-7-11-18)22(26)24-19-12-13-20(30-3)21(16-19)31(28,29)25-14-8-5-9-15-25/h4,6-7,10-13,16-17,27H,5,8-9,14-15H2,1-3H3,(H,24,26)/t23-/m1/s1. The zero-order valence-corrected chi connectivity index (χ0v) is 19.0. The number of aliphatic hydroxyl groups is 1. The van der Waals surface area contributed by atoms with Gasteiger partial charge in [0.05, 0.1) is 7.11 Å². The maximum Gasteiger partial charge on any atom is 0.261 e. The molecule has 1 aliphatic heterocycles. The van der Waals surface area contributed by atoms with E-state index in [2.05, 4.69) is 5.32 Å². The second kappa shape index (κ2) is 9.38. The number of sulfonamides is 1. The molecular weight excluding hydrogens is 416 g/mol. The summed E-state index contributed by atoms with van der Waals surface area (Å²) in [5.74, 6) is -0.823. The first kappa shape index (κ1) is 23.2. The van der Waals surface area contributed by atoms with E-state index >= 15 is 0 Å². The summed E-state index contributed by atoms with van der Waals surface area (Å²) in [7, 11) is -2.36. The van der Waals surface area contributed by atoms with E-state index in [1.54, 1.807) is 44.2 Å². The van der Waals surface area contributed by atoms with Crippen LogP contribution in [0.2, 0.25) is 0 Å². The number of piperidine rings is 1. The first-order valence-electron chi connectivity index (χ1n) is 10.5. The minimum absolute atomic E-state index is 0.00231. The second-order valence-corrected chi connectivity index (χ2v) is 9.98. The van der Waals surface area contributed by atoms with Crippen LogP contribution < -0.4 is 10.1 Å². The zero-order chi connectivity index (χ0) is 22.6. The molecule has 31 heavy (non-hydrogen) atoms. The maximum absolute atomic E-state index is 13.2. The highest BCUT2D eigenvalue weighted by Crippen LogP contribution is 2.34. The van der Waals surface area contributed by atoms with Gasteiger partial charge in [-0.15, -0.1) is 0 Å². The number of hydrogen-bond donors (Lipinski definition) is 2. The number of amides is 1. The molecule has 3 rings (SSSR count). The lowest BCUT2D eigenvalue weighted by molar-refractivity contribution is -0.140. The average Bonchev–Trinajstić information content (AvgIpc) is 2.79. The van der Waals surface area contributed by atoms with Gasteiger partial charge in [0.1, 0.15) is 10.6 Å². The van der Waals surface area contributed by atoms with Gasteiger partial charge < -0.3 is 15.2 Å². The molecule has 0 spiro atoms. The maximum atomic E-state index is 13.2. The Morgan fingerprint density at radius 2 is 1.74 bits per heavy atom. The number of ether oxygens (including phenoxy) is 1. The largest absolute Gasteiger partial charge is 0.495 e. The molecule has 0 aromatic heterocycles. The van der Waals surface area contributed by atoms with E-state index < -0.39 is 27.4 Å². The van der Waals surface area contributed by atoms with Crippen molar-refractivity contribution in [2.24, 2.45) is 5.92 Å². The van der Waals surface area contributed by atoms with Crippen LogP contribution in [0.15, 0.2) is 53.4 Å². The molecule has 168 valence electrons. The molecule has 7 nitrogen and oxygen atoms in total. The van der Waals surface area contributed by atoms with Gasteiger partial charge in [-0.25, -0.2) is 8.42 Å². The van der Waals surface area contributed by atoms with Gasteiger partial charge >= 0.3 is 0 Å². The summed E-state index contributed by atoms with van der Waals surface area (Å²) in [6.45, 7) is 4.44. The first-order valence-corrected chi connectivity index (χ1v) is 11.9. The minimum Gasteiger partial charge on any atom is -0.495 e. The Labute approximate surface area is 184 Å². The van der Waals surface area contributed by atoms with Crippen molar-refractivity contribution in [2.75, 3.05) is 25.5 Å². The number of hydrogen-bond acceptors (Lipinski definition) is 5. The SMILES string of the molecule is COc1ccc(NC(=O)[C@](O)(c2ccccc2)C(C)C)cc1S(=O)(=O)N1CCCCC1. The van der Waals surface area contributed by atoms with Crippen molar-refractivity contribution in [2.45, 2.75) is 43.6 Å². The van der Waals surface area contributed by atoms with Gasteiger partial charge in [0.2, 0.25) is 10.0 Å². The van der Waals surface area contributed by atoms with E-state index in [1.165, 1.54) is 23.5 Å². The van der Waals surface area contributed by atoms with Gasteiger partial charge in [0.15, 0.2) is 5.60 Å². The Kier molecular flexibility index (Phi) is 7.03. The molecule has 0 saturated carbocycles. The monoisotopic (exact) mass is 446 g/mol. The summed E-state index contributed by atoms with van der Waals surface area (Å²) in [5.41, 5.74) is -1.03. The number of nitrogens with zero attached hydrogens (tertiary/aromatic N) is 1. The first-order chi connectivity index (χ1) is 14.7. The van der Waals surface area contributed by atoms with E-state index in [0.717, 1.165) is 19.3 Å². The van der Waals surface area contributed by atoms with Gasteiger partial charge in [0.25, 0.3) is 5.91 Å². The van der Waals surface area contributed by atoms with Crippen LogP contribution in [0.3, 0.4) is 0 Å². The predicted molar refractivity (Wildman–Crippen MR) is 119 cm³/mol. The molecule has 1 fully saturated rings. The number of carbonyl (C=O) groups is 1. The molecule has 2 N–H and O–H groups in total. The summed E-state index contributed by atoms with van der Waals surface area (Å²) < 4.78 is 33.2. The predicted octanol–water partition coefficient (Wildman–Crippen LogP) is 3.35. The molecule has 1 aliphatic rings. The van der Waals surface area contributed by atoms with Crippen molar-refractivity contribution in [1.82, 2.24) is 4.31 Å². The summed E-state index contributed by atoms with van der Waals surface area (Å²) in [6.07, 6.45) is 2.64. The van der Waals surface area contributed by atoms with E-state index in [-0.39, 0.29) is 16.3 Å². The number of methoxy groups -OCH3 is 1. The lowest BCUT2D eigenvalue weighted by atomic mass is 9.82. The van der Waals surface area contributed by atoms with Crippen LogP contribution in [0.4, 0.5) is 5.69 Å². The fraction of sp³-hybridized carbons (Fsp3) is 0.435. The van der Waals surface area contributed by atoms with Crippen LogP contribution in [0.5, 0.6) is 5.75 Å². The van der Waals surface area contributed by atoms with Crippen LogP contribution in [0.1, 0.15) is 38.7 Å². The number of anilines is 1. The summed E-state index contributed by atoms with van der Waals surface area (Å²) in [5, 5.41) is 14.0. The van der Waals surface area contributed by atoms with Crippen molar-refractivity contribution in [1.29, 1.82) is 0 Å². The normalized spacial score (nSPS) is 17.2. The van der Waals surface area contributed by atoms with Crippen LogP contribution in [0, 0.1) is 5.92 Å². The highest BCUT2D eigenvalue weighted by atomic mass is 32.2. The number of benzene rings is 2. The fourth-order valence-electron chi connectivity index (χ4n) is 3.85. The molecule has 0 aliphatic carbocycles. The molecule has 0 bridgehead atoms. The molecule has 1 amide bonds. The second-order valence-electron chi connectivity index (χ2n) is 8.07. The highest BCUT2D eigenvalue weighted by Gasteiger charge is 2.41. The quantitative estimate of drug-likeness (QED) is 0.680. The van der Waals surface area contributed by atoms with Crippen molar-refractivity contribution in [3.63, 3.8) is 0 Å². The average molecular weight is 447 g/mol. The van der Waals surface area contributed by atoms with E-state index in [1.807, 2.05) is 6.07 Å². The zero-order valence-electron chi connectivity index (χ0n) is 18.2. The van der Waals surface area contributed by atoms with Gasteiger partial charge in [-0.1, -0.05) is 50.6 Å². The van der Waals surface area contributed by atoms with E-state index in [4.69, 9.17) is 4.74 Å². The van der Waals surface area contributed by atoms with Gasteiger partial charge in [-0.2, -0.15) is 4.31 Å². The third kappa shape index (κ3) is 4.61. The van der Waals surface area contributed by atoms with Crippen LogP contribution >= 0.6 is 0 Å². The van der Waals surface area contributed by atoms with Crippen LogP contribution in [-0.4, -0.2) is 43.9 Å². The number of rotatable bonds is 7. The van der Waals surface area contributed by atoms with Crippen LogP contribution in [-0.2, 0) is 20.4 Å². The van der Waals surface area contributed by atoms with Gasteiger partial charge in [0, 0.05) is 18.8 Å². The molecule has 2 aromatic carbocycles. The van der Waals surface area contributed by atoms with Gasteiger partial charge in [-0.05, 0) is 42.5 Å². The Bertz CT molecular complexity index is 1020. The van der Waals surface area contributed by atoms with E-state index in [0.29, 0.717) is 18.7 Å². The third-order valence-corrected chi connectivity index (χ3v) is 7.67. The summed E-state index contributed by atoms with van der Waals surface area (Å²) >= 11 is 0. The lowest BCUT2D eigenvalue weighted by Gasteiger charge is -2.31. The van der Waals surface area contributed by atoms with Crippen molar-refractivity contribution < 1.29 is 23.1 Å². The Hall–Kier alpha value is -2.42. The Balaban J connectivity index is 1.95. The lowest BCUT2D eigenvalue weighted by Crippen LogP contribution is -2.44. The Morgan fingerprint density at radius 1 is 1.10 bits per heavy atom. The third-order valence-electron chi connectivity index (χ3n) is 5.75. The molecule has 0 unspecified atom stereocenters. The Morgan fingerprint density at radius 3 is 2.32 bits per heavy atom. The van der Waals surface area contributed by atoms with E-state index in [9.17, 15) is 18.3 Å². The minimum atomic E-state index is -3.77. The van der Waals surface area contributed by atoms with Gasteiger partial charge in [-0.3, -0.25) is 4.79 Å². The van der Waals surface area contributed by atoms with Crippen molar-refractivity contribution >= 4 is 21.6 Å². The summed E-state index contributed by atoms with van der Waals surface area (Å²) in [6, 6.07) is 13.2. The number of carbonyl (C=O) groups excluding carboxylic acids is 1. The summed E-state index contributed by atoms with van der Waals surface area (Å²) in [4.78, 5) is 13.1. The topological polar surface area (TPSA) is 95.9 Å².